The largest absolute Gasteiger partial charge is 0.374 e. The molecule has 5 nitrogen and oxygen atoms in total. The average molecular weight is 208 g/mol. The number of anilines is 1. The number of hydrogen-bond acceptors (Lipinski definition) is 5. The summed E-state index contributed by atoms with van der Waals surface area (Å²) in [6.07, 6.45) is 1.92. The number of aromatic nitrogens is 2. The highest BCUT2D eigenvalue weighted by atomic mass is 16.5. The van der Waals surface area contributed by atoms with Crippen LogP contribution in [0, 0.1) is 0 Å². The highest BCUT2D eigenvalue weighted by Gasteiger charge is 2.16. The Kier molecular flexibility index (Phi) is 3.47. The zero-order chi connectivity index (χ0) is 10.5. The van der Waals surface area contributed by atoms with Gasteiger partial charge in [0, 0.05) is 32.9 Å². The molecule has 2 heterocycles. The zero-order valence-electron chi connectivity index (χ0n) is 8.89. The first-order chi connectivity index (χ1) is 7.36. The van der Waals surface area contributed by atoms with E-state index in [9.17, 15) is 0 Å². The van der Waals surface area contributed by atoms with Gasteiger partial charge in [-0.25, -0.2) is 0 Å². The van der Waals surface area contributed by atoms with Crippen LogP contribution >= 0.6 is 0 Å². The van der Waals surface area contributed by atoms with E-state index in [0.29, 0.717) is 0 Å². The number of morpholine rings is 1. The van der Waals surface area contributed by atoms with Crippen LogP contribution in [0.2, 0.25) is 0 Å². The number of hydrogen-bond donors (Lipinski definition) is 1. The maximum Gasteiger partial charge on any atom is 0.151 e. The third-order valence-electron chi connectivity index (χ3n) is 2.43. The van der Waals surface area contributed by atoms with Crippen molar-refractivity contribution in [2.24, 2.45) is 0 Å². The summed E-state index contributed by atoms with van der Waals surface area (Å²) in [5, 5.41) is 11.2. The van der Waals surface area contributed by atoms with Crippen molar-refractivity contribution in [1.29, 1.82) is 0 Å². The van der Waals surface area contributed by atoms with Gasteiger partial charge in [-0.2, -0.15) is 5.10 Å². The molecule has 1 aliphatic heterocycles. The second-order valence-corrected chi connectivity index (χ2v) is 3.66. The lowest BCUT2D eigenvalue weighted by Gasteiger charge is -2.28. The quantitative estimate of drug-likeness (QED) is 0.752. The number of ether oxygens (including phenoxy) is 1. The van der Waals surface area contributed by atoms with Crippen molar-refractivity contribution in [2.45, 2.75) is 6.10 Å². The molecule has 5 heteroatoms. The smallest absolute Gasteiger partial charge is 0.151 e. The first-order valence-electron chi connectivity index (χ1n) is 5.17. The number of rotatable bonds is 3. The summed E-state index contributed by atoms with van der Waals surface area (Å²) in [4.78, 5) is 2.06. The first kappa shape index (κ1) is 10.3. The first-order valence-corrected chi connectivity index (χ1v) is 5.17. The standard InChI is InChI=1S/C10H16N4O/c1-14(10-3-2-4-12-13-10)8-9-7-11-5-6-15-9/h2-4,9,11H,5-8H2,1H3/t9-/m0/s1. The topological polar surface area (TPSA) is 50.3 Å². The van der Waals surface area contributed by atoms with Gasteiger partial charge in [0.2, 0.25) is 0 Å². The van der Waals surface area contributed by atoms with Gasteiger partial charge in [-0.15, -0.1) is 5.10 Å². The van der Waals surface area contributed by atoms with Crippen molar-refractivity contribution >= 4 is 5.82 Å². The van der Waals surface area contributed by atoms with Crippen LogP contribution in [0.15, 0.2) is 18.3 Å². The molecule has 1 N–H and O–H groups in total. The molecule has 2 rings (SSSR count). The normalized spacial score (nSPS) is 21.3. The summed E-state index contributed by atoms with van der Waals surface area (Å²) in [5.74, 6) is 0.881. The lowest BCUT2D eigenvalue weighted by molar-refractivity contribution is 0.0339. The molecule has 0 radical (unpaired) electrons. The molecule has 15 heavy (non-hydrogen) atoms. The molecular formula is C10H16N4O. The Balaban J connectivity index is 1.88. The summed E-state index contributed by atoms with van der Waals surface area (Å²) < 4.78 is 5.62. The fourth-order valence-corrected chi connectivity index (χ4v) is 1.63. The molecule has 1 fully saturated rings. The average Bonchev–Trinajstić information content (AvgIpc) is 2.31. The summed E-state index contributed by atoms with van der Waals surface area (Å²) >= 11 is 0. The van der Waals surface area contributed by atoms with Crippen molar-refractivity contribution in [3.05, 3.63) is 18.3 Å². The van der Waals surface area contributed by atoms with Gasteiger partial charge in [0.15, 0.2) is 5.82 Å². The molecule has 1 atom stereocenters. The molecule has 1 aromatic heterocycles. The van der Waals surface area contributed by atoms with E-state index >= 15 is 0 Å². The summed E-state index contributed by atoms with van der Waals surface area (Å²) in [7, 11) is 2.00. The van der Waals surface area contributed by atoms with Gasteiger partial charge in [0.25, 0.3) is 0 Å². The van der Waals surface area contributed by atoms with E-state index in [1.54, 1.807) is 6.20 Å². The van der Waals surface area contributed by atoms with Crippen LogP contribution in [0.1, 0.15) is 0 Å². The monoisotopic (exact) mass is 208 g/mol. The Labute approximate surface area is 89.4 Å². The lowest BCUT2D eigenvalue weighted by atomic mass is 10.3. The molecule has 1 aromatic rings. The fourth-order valence-electron chi connectivity index (χ4n) is 1.63. The van der Waals surface area contributed by atoms with Crippen LogP contribution in [0.25, 0.3) is 0 Å². The Morgan fingerprint density at radius 1 is 1.67 bits per heavy atom. The van der Waals surface area contributed by atoms with E-state index < -0.39 is 0 Å². The van der Waals surface area contributed by atoms with Gasteiger partial charge in [0.1, 0.15) is 0 Å². The van der Waals surface area contributed by atoms with Gasteiger partial charge in [0.05, 0.1) is 12.7 Å². The van der Waals surface area contributed by atoms with Gasteiger partial charge in [-0.05, 0) is 12.1 Å². The molecule has 82 valence electrons. The Morgan fingerprint density at radius 2 is 2.60 bits per heavy atom. The van der Waals surface area contributed by atoms with E-state index in [4.69, 9.17) is 4.74 Å². The summed E-state index contributed by atoms with van der Waals surface area (Å²) in [6.45, 7) is 3.49. The van der Waals surface area contributed by atoms with E-state index in [-0.39, 0.29) is 6.10 Å². The van der Waals surface area contributed by atoms with Gasteiger partial charge >= 0.3 is 0 Å². The zero-order valence-corrected chi connectivity index (χ0v) is 8.89. The maximum absolute atomic E-state index is 5.62. The van der Waals surface area contributed by atoms with Crippen molar-refractivity contribution < 1.29 is 4.74 Å². The van der Waals surface area contributed by atoms with Gasteiger partial charge in [-0.3, -0.25) is 0 Å². The Hall–Kier alpha value is -1.20. The molecule has 1 aliphatic rings. The fraction of sp³-hybridized carbons (Fsp3) is 0.600. The minimum atomic E-state index is 0.241. The highest BCUT2D eigenvalue weighted by Crippen LogP contribution is 2.07. The van der Waals surface area contributed by atoms with E-state index in [1.165, 1.54) is 0 Å². The molecule has 0 amide bonds. The van der Waals surface area contributed by atoms with E-state index in [2.05, 4.69) is 20.4 Å². The SMILES string of the molecule is CN(C[C@@H]1CNCCO1)c1cccnn1. The molecule has 0 unspecified atom stereocenters. The predicted octanol–water partition coefficient (Wildman–Crippen LogP) is -0.0988. The van der Waals surface area contributed by atoms with Crippen LogP contribution in [0.3, 0.4) is 0 Å². The van der Waals surface area contributed by atoms with Crippen molar-refractivity contribution in [1.82, 2.24) is 15.5 Å². The molecule has 0 bridgehead atoms. The predicted molar refractivity (Wildman–Crippen MR) is 57.9 cm³/mol. The number of nitrogens with zero attached hydrogens (tertiary/aromatic N) is 3. The molecule has 0 saturated carbocycles. The van der Waals surface area contributed by atoms with E-state index in [1.807, 2.05) is 19.2 Å². The van der Waals surface area contributed by atoms with Crippen LogP contribution < -0.4 is 10.2 Å². The summed E-state index contributed by atoms with van der Waals surface area (Å²) in [5.41, 5.74) is 0. The van der Waals surface area contributed by atoms with Crippen molar-refractivity contribution in [2.75, 3.05) is 38.2 Å². The lowest BCUT2D eigenvalue weighted by Crippen LogP contribution is -2.44. The van der Waals surface area contributed by atoms with Crippen LogP contribution in [0.4, 0.5) is 5.82 Å². The second kappa shape index (κ2) is 5.04. The van der Waals surface area contributed by atoms with Crippen molar-refractivity contribution in [3.8, 4) is 0 Å². The number of nitrogens with one attached hydrogen (secondary N) is 1. The van der Waals surface area contributed by atoms with Crippen LogP contribution in [-0.2, 0) is 4.74 Å². The minimum absolute atomic E-state index is 0.241. The van der Waals surface area contributed by atoms with Gasteiger partial charge in [-0.1, -0.05) is 0 Å². The molecule has 0 aromatic carbocycles. The Morgan fingerprint density at radius 3 is 3.27 bits per heavy atom. The maximum atomic E-state index is 5.62. The van der Waals surface area contributed by atoms with Crippen LogP contribution in [-0.4, -0.2) is 49.6 Å². The molecule has 1 saturated heterocycles. The van der Waals surface area contributed by atoms with E-state index in [0.717, 1.165) is 32.1 Å². The minimum Gasteiger partial charge on any atom is -0.374 e. The molecule has 0 aliphatic carbocycles. The third kappa shape index (κ3) is 2.87. The second-order valence-electron chi connectivity index (χ2n) is 3.66. The van der Waals surface area contributed by atoms with Gasteiger partial charge < -0.3 is 15.0 Å². The third-order valence-corrected chi connectivity index (χ3v) is 2.43. The highest BCUT2D eigenvalue weighted by molar-refractivity contribution is 5.35. The molecule has 0 spiro atoms. The van der Waals surface area contributed by atoms with Crippen LogP contribution in [0.5, 0.6) is 0 Å². The summed E-state index contributed by atoms with van der Waals surface area (Å²) in [6, 6.07) is 3.84. The van der Waals surface area contributed by atoms with Crippen molar-refractivity contribution in [3.63, 3.8) is 0 Å². The Bertz CT molecular complexity index is 287. The number of likely N-dealkylation sites (N-methyl/N-ethyl adjacent to an activating group) is 1. The molecular weight excluding hydrogens is 192 g/mol.